The van der Waals surface area contributed by atoms with Crippen LogP contribution in [0.3, 0.4) is 0 Å². The molecular formula is C13H21ClN2O2. The van der Waals surface area contributed by atoms with Crippen LogP contribution < -0.4 is 10.1 Å². The normalized spacial score (nSPS) is 10.9. The number of nitrogens with one attached hydrogen (secondary N) is 1. The van der Waals surface area contributed by atoms with Gasteiger partial charge in [-0.3, -0.25) is 0 Å². The van der Waals surface area contributed by atoms with Crippen LogP contribution in [-0.4, -0.2) is 31.9 Å². The van der Waals surface area contributed by atoms with Gasteiger partial charge in [-0.2, -0.15) is 0 Å². The van der Waals surface area contributed by atoms with Crippen LogP contribution in [0.5, 0.6) is 5.88 Å². The fraction of sp³-hybridized carbons (Fsp3) is 0.615. The highest BCUT2D eigenvalue weighted by molar-refractivity contribution is 6.31. The Bertz CT molecular complexity index is 359. The molecule has 0 spiro atoms. The third-order valence-corrected chi connectivity index (χ3v) is 2.62. The zero-order valence-electron chi connectivity index (χ0n) is 11.2. The molecule has 0 radical (unpaired) electrons. The molecule has 5 heteroatoms. The van der Waals surface area contributed by atoms with Crippen LogP contribution in [0.4, 0.5) is 0 Å². The zero-order chi connectivity index (χ0) is 13.4. The van der Waals surface area contributed by atoms with E-state index in [4.69, 9.17) is 21.1 Å². The molecule has 1 aromatic rings. The summed E-state index contributed by atoms with van der Waals surface area (Å²) in [6.45, 7) is 6.94. The number of pyridine rings is 1. The van der Waals surface area contributed by atoms with E-state index < -0.39 is 0 Å². The minimum absolute atomic E-state index is 0.490. The Morgan fingerprint density at radius 2 is 2.11 bits per heavy atom. The van der Waals surface area contributed by atoms with E-state index in [9.17, 15) is 0 Å². The second-order valence-electron chi connectivity index (χ2n) is 4.44. The Hall–Kier alpha value is -0.840. The Labute approximate surface area is 114 Å². The molecule has 0 amide bonds. The molecule has 0 fully saturated rings. The van der Waals surface area contributed by atoms with Gasteiger partial charge in [-0.05, 0) is 18.5 Å². The average molecular weight is 273 g/mol. The Morgan fingerprint density at radius 3 is 2.78 bits per heavy atom. The number of methoxy groups -OCH3 is 1. The van der Waals surface area contributed by atoms with Gasteiger partial charge >= 0.3 is 0 Å². The maximum absolute atomic E-state index is 6.09. The van der Waals surface area contributed by atoms with Crippen molar-refractivity contribution in [1.82, 2.24) is 10.3 Å². The van der Waals surface area contributed by atoms with Crippen LogP contribution in [0.25, 0.3) is 0 Å². The molecule has 0 saturated carbocycles. The number of aromatic nitrogens is 1. The highest BCUT2D eigenvalue weighted by Gasteiger charge is 2.05. The molecule has 1 N–H and O–H groups in total. The van der Waals surface area contributed by atoms with E-state index in [1.54, 1.807) is 13.2 Å². The first-order valence-corrected chi connectivity index (χ1v) is 6.49. The van der Waals surface area contributed by atoms with E-state index in [0.717, 1.165) is 12.2 Å². The summed E-state index contributed by atoms with van der Waals surface area (Å²) in [7, 11) is 1.64. The fourth-order valence-electron chi connectivity index (χ4n) is 1.38. The van der Waals surface area contributed by atoms with Gasteiger partial charge in [0.2, 0.25) is 5.88 Å². The summed E-state index contributed by atoms with van der Waals surface area (Å²) < 4.78 is 10.4. The van der Waals surface area contributed by atoms with Crippen LogP contribution in [0.2, 0.25) is 5.02 Å². The lowest BCUT2D eigenvalue weighted by Crippen LogP contribution is -2.20. The molecule has 0 bridgehead atoms. The average Bonchev–Trinajstić information content (AvgIpc) is 2.33. The van der Waals surface area contributed by atoms with Crippen LogP contribution in [0, 0.1) is 5.92 Å². The van der Waals surface area contributed by atoms with E-state index in [0.29, 0.717) is 36.6 Å². The van der Waals surface area contributed by atoms with Crippen LogP contribution in [-0.2, 0) is 11.3 Å². The van der Waals surface area contributed by atoms with E-state index in [1.165, 1.54) is 0 Å². The van der Waals surface area contributed by atoms with Gasteiger partial charge < -0.3 is 14.8 Å². The minimum atomic E-state index is 0.490. The Kier molecular flexibility index (Phi) is 7.01. The maximum atomic E-state index is 6.09. The van der Waals surface area contributed by atoms with Crippen LogP contribution in [0.15, 0.2) is 12.1 Å². The summed E-state index contributed by atoms with van der Waals surface area (Å²) in [6.07, 6.45) is 0. The highest BCUT2D eigenvalue weighted by Crippen LogP contribution is 2.17. The van der Waals surface area contributed by atoms with Crippen molar-refractivity contribution in [2.75, 3.05) is 26.9 Å². The molecule has 0 unspecified atom stereocenters. The Balaban J connectivity index is 2.52. The van der Waals surface area contributed by atoms with Crippen molar-refractivity contribution >= 4 is 11.6 Å². The molecule has 0 atom stereocenters. The molecule has 0 aliphatic rings. The first kappa shape index (κ1) is 15.2. The molecule has 0 aliphatic heterocycles. The first-order valence-electron chi connectivity index (χ1n) is 6.11. The monoisotopic (exact) mass is 272 g/mol. The van der Waals surface area contributed by atoms with Crippen molar-refractivity contribution in [2.24, 2.45) is 5.92 Å². The molecule has 1 rings (SSSR count). The lowest BCUT2D eigenvalue weighted by Gasteiger charge is -2.10. The number of ether oxygens (including phenoxy) is 2. The van der Waals surface area contributed by atoms with Crippen molar-refractivity contribution in [3.63, 3.8) is 0 Å². The maximum Gasteiger partial charge on any atom is 0.213 e. The lowest BCUT2D eigenvalue weighted by atomic mass is 10.2. The van der Waals surface area contributed by atoms with E-state index in [2.05, 4.69) is 24.1 Å². The number of hydrogen-bond acceptors (Lipinski definition) is 4. The van der Waals surface area contributed by atoms with Crippen molar-refractivity contribution in [3.8, 4) is 5.88 Å². The Morgan fingerprint density at radius 1 is 1.33 bits per heavy atom. The van der Waals surface area contributed by atoms with Crippen molar-refractivity contribution in [2.45, 2.75) is 20.4 Å². The number of halogens is 1. The predicted molar refractivity (Wildman–Crippen MR) is 73.2 cm³/mol. The van der Waals surface area contributed by atoms with Gasteiger partial charge in [-0.15, -0.1) is 0 Å². The number of nitrogens with zero attached hydrogens (tertiary/aromatic N) is 1. The lowest BCUT2D eigenvalue weighted by molar-refractivity contribution is 0.143. The smallest absolute Gasteiger partial charge is 0.213 e. The van der Waals surface area contributed by atoms with Gasteiger partial charge in [0.1, 0.15) is 6.61 Å². The van der Waals surface area contributed by atoms with Crippen LogP contribution in [0.1, 0.15) is 19.5 Å². The molecule has 4 nitrogen and oxygen atoms in total. The first-order chi connectivity index (χ1) is 8.63. The van der Waals surface area contributed by atoms with Gasteiger partial charge in [-0.1, -0.05) is 25.4 Å². The molecule has 1 heterocycles. The topological polar surface area (TPSA) is 43.4 Å². The van der Waals surface area contributed by atoms with E-state index in [-0.39, 0.29) is 0 Å². The summed E-state index contributed by atoms with van der Waals surface area (Å²) in [6, 6.07) is 3.58. The standard InChI is InChI=1S/C13H21ClN2O2/c1-10(2)8-15-9-12-11(14)4-5-13(16-12)18-7-6-17-3/h4-5,10,15H,6-9H2,1-3H3. The summed E-state index contributed by atoms with van der Waals surface area (Å²) in [5.74, 6) is 1.18. The summed E-state index contributed by atoms with van der Waals surface area (Å²) in [5.41, 5.74) is 0.812. The molecule has 0 aromatic carbocycles. The minimum Gasteiger partial charge on any atom is -0.475 e. The quantitative estimate of drug-likeness (QED) is 0.739. The van der Waals surface area contributed by atoms with Gasteiger partial charge in [0.25, 0.3) is 0 Å². The van der Waals surface area contributed by atoms with E-state index in [1.807, 2.05) is 6.07 Å². The van der Waals surface area contributed by atoms with Gasteiger partial charge in [0, 0.05) is 19.7 Å². The molecule has 102 valence electrons. The largest absolute Gasteiger partial charge is 0.475 e. The molecule has 0 saturated heterocycles. The summed E-state index contributed by atoms with van der Waals surface area (Å²) >= 11 is 6.09. The second-order valence-corrected chi connectivity index (χ2v) is 4.85. The van der Waals surface area contributed by atoms with Crippen molar-refractivity contribution in [3.05, 3.63) is 22.8 Å². The third-order valence-electron chi connectivity index (χ3n) is 2.28. The SMILES string of the molecule is COCCOc1ccc(Cl)c(CNCC(C)C)n1. The van der Waals surface area contributed by atoms with E-state index >= 15 is 0 Å². The third kappa shape index (κ3) is 5.67. The summed E-state index contributed by atoms with van der Waals surface area (Å²) in [5, 5.41) is 3.97. The van der Waals surface area contributed by atoms with Crippen molar-refractivity contribution in [1.29, 1.82) is 0 Å². The molecule has 0 aliphatic carbocycles. The zero-order valence-corrected chi connectivity index (χ0v) is 12.0. The molecular weight excluding hydrogens is 252 g/mol. The molecule has 1 aromatic heterocycles. The van der Waals surface area contributed by atoms with Gasteiger partial charge in [-0.25, -0.2) is 4.98 Å². The fourth-order valence-corrected chi connectivity index (χ4v) is 1.55. The second kappa shape index (κ2) is 8.29. The van der Waals surface area contributed by atoms with Gasteiger partial charge in [0.05, 0.1) is 17.3 Å². The number of hydrogen-bond donors (Lipinski definition) is 1. The summed E-state index contributed by atoms with van der Waals surface area (Å²) in [4.78, 5) is 4.37. The van der Waals surface area contributed by atoms with Gasteiger partial charge in [0.15, 0.2) is 0 Å². The number of rotatable bonds is 8. The predicted octanol–water partition coefficient (Wildman–Crippen LogP) is 2.51. The molecule has 18 heavy (non-hydrogen) atoms. The van der Waals surface area contributed by atoms with Crippen LogP contribution >= 0.6 is 11.6 Å². The van der Waals surface area contributed by atoms with Crippen molar-refractivity contribution < 1.29 is 9.47 Å². The highest BCUT2D eigenvalue weighted by atomic mass is 35.5.